The van der Waals surface area contributed by atoms with Crippen molar-refractivity contribution in [1.82, 2.24) is 14.4 Å². The first-order chi connectivity index (χ1) is 19.6. The maximum absolute atomic E-state index is 13.7. The fraction of sp³-hybridized carbons (Fsp3) is 0.226. The smallest absolute Gasteiger partial charge is 0.301 e. The van der Waals surface area contributed by atoms with Crippen LogP contribution in [0.4, 0.5) is 5.13 Å². The molecule has 6 rings (SSSR count). The highest BCUT2D eigenvalue weighted by atomic mass is 32.1. The Morgan fingerprint density at radius 2 is 1.83 bits per heavy atom. The Balaban J connectivity index is 1.62. The quantitative estimate of drug-likeness (QED) is 0.154. The fourth-order valence-electron chi connectivity index (χ4n) is 5.45. The van der Waals surface area contributed by atoms with E-state index in [4.69, 9.17) is 9.72 Å². The number of hydrogen-bond acceptors (Lipinski definition) is 8. The number of fused-ring (bicyclic) bond motifs is 2. The average molecular weight is 569 g/mol. The molecule has 9 nitrogen and oxygen atoms in total. The van der Waals surface area contributed by atoms with Crippen LogP contribution < -0.4 is 9.64 Å². The van der Waals surface area contributed by atoms with Gasteiger partial charge in [-0.05, 0) is 81.1 Å². The van der Waals surface area contributed by atoms with Crippen LogP contribution in [0, 0.1) is 27.7 Å². The van der Waals surface area contributed by atoms with Crippen molar-refractivity contribution in [1.29, 1.82) is 0 Å². The average Bonchev–Trinajstić information content (AvgIpc) is 3.58. The van der Waals surface area contributed by atoms with Crippen molar-refractivity contribution in [3.8, 4) is 11.5 Å². The molecule has 10 heteroatoms. The van der Waals surface area contributed by atoms with Gasteiger partial charge in [0.1, 0.15) is 11.3 Å². The van der Waals surface area contributed by atoms with Gasteiger partial charge >= 0.3 is 5.91 Å². The molecule has 1 amide bonds. The number of Topliss-reactive ketones (excluding diaryl/α,β-unsaturated/α-hetero) is 1. The number of rotatable bonds is 5. The monoisotopic (exact) mass is 568 g/mol. The van der Waals surface area contributed by atoms with Crippen molar-refractivity contribution in [2.24, 2.45) is 0 Å². The van der Waals surface area contributed by atoms with Gasteiger partial charge in [-0.15, -0.1) is 0 Å². The summed E-state index contributed by atoms with van der Waals surface area (Å²) in [4.78, 5) is 38.2. The third-order valence-electron chi connectivity index (χ3n) is 7.38. The second kappa shape index (κ2) is 9.74. The molecule has 0 aliphatic carbocycles. The van der Waals surface area contributed by atoms with Gasteiger partial charge in [-0.1, -0.05) is 29.5 Å². The zero-order valence-electron chi connectivity index (χ0n) is 23.2. The van der Waals surface area contributed by atoms with Crippen LogP contribution in [0.3, 0.4) is 0 Å². The Bertz CT molecular complexity index is 1940. The summed E-state index contributed by atoms with van der Waals surface area (Å²) in [5.74, 6) is -1.92. The number of anilines is 1. The molecule has 5 aromatic rings. The number of aryl methyl sites for hydroxylation is 4. The number of aliphatic hydroxyl groups excluding tert-OH is 1. The molecule has 208 valence electrons. The molecule has 1 atom stereocenters. The molecule has 1 unspecified atom stereocenters. The molecule has 1 aliphatic heterocycles. The minimum Gasteiger partial charge on any atom is -0.505 e. The Morgan fingerprint density at radius 3 is 2.56 bits per heavy atom. The second-order valence-corrected chi connectivity index (χ2v) is 11.2. The van der Waals surface area contributed by atoms with Crippen molar-refractivity contribution in [3.05, 3.63) is 87.9 Å². The SMILES string of the molecule is CCOc1cc(C2C(=C(O)c3nc4c(C)cccn4c3C)C(=O)C(=O)N2c2nc3c(C)cc(C)cc3s2)ccc1O. The van der Waals surface area contributed by atoms with E-state index >= 15 is 0 Å². The molecule has 2 aromatic carbocycles. The molecule has 3 aromatic heterocycles. The maximum atomic E-state index is 13.7. The van der Waals surface area contributed by atoms with E-state index in [1.165, 1.54) is 22.3 Å². The Hall–Kier alpha value is -4.70. The number of nitrogens with zero attached hydrogens (tertiary/aromatic N) is 4. The summed E-state index contributed by atoms with van der Waals surface area (Å²) in [6.07, 6.45) is 1.83. The molecule has 1 aliphatic rings. The summed E-state index contributed by atoms with van der Waals surface area (Å²) in [5, 5.41) is 22.4. The van der Waals surface area contributed by atoms with Gasteiger partial charge in [-0.3, -0.25) is 14.5 Å². The number of thiazole rings is 1. The van der Waals surface area contributed by atoms with E-state index in [2.05, 4.69) is 4.98 Å². The highest BCUT2D eigenvalue weighted by Gasteiger charge is 2.49. The Labute approximate surface area is 240 Å². The number of ether oxygens (including phenoxy) is 1. The van der Waals surface area contributed by atoms with E-state index in [-0.39, 0.29) is 28.5 Å². The highest BCUT2D eigenvalue weighted by molar-refractivity contribution is 7.22. The molecule has 0 bridgehead atoms. The second-order valence-electron chi connectivity index (χ2n) is 10.2. The van der Waals surface area contributed by atoms with Crippen molar-refractivity contribution in [2.75, 3.05) is 11.5 Å². The number of aromatic hydroxyl groups is 1. The first-order valence-corrected chi connectivity index (χ1v) is 14.0. The van der Waals surface area contributed by atoms with Gasteiger partial charge in [0, 0.05) is 6.20 Å². The van der Waals surface area contributed by atoms with Crippen LogP contribution in [-0.4, -0.2) is 42.9 Å². The normalized spacial score (nSPS) is 16.8. The molecule has 41 heavy (non-hydrogen) atoms. The van der Waals surface area contributed by atoms with E-state index in [1.54, 1.807) is 26.0 Å². The summed E-state index contributed by atoms with van der Waals surface area (Å²) >= 11 is 1.30. The van der Waals surface area contributed by atoms with Crippen LogP contribution in [0.5, 0.6) is 11.5 Å². The molecule has 1 fully saturated rings. The number of carbonyl (C=O) groups excluding carboxylic acids is 2. The molecular weight excluding hydrogens is 540 g/mol. The summed E-state index contributed by atoms with van der Waals surface area (Å²) in [6, 6.07) is 11.4. The van der Waals surface area contributed by atoms with E-state index in [1.807, 2.05) is 55.6 Å². The summed E-state index contributed by atoms with van der Waals surface area (Å²) in [5.41, 5.74) is 5.47. The van der Waals surface area contributed by atoms with E-state index in [0.717, 1.165) is 26.9 Å². The highest BCUT2D eigenvalue weighted by Crippen LogP contribution is 2.46. The zero-order chi connectivity index (χ0) is 29.2. The molecule has 1 saturated heterocycles. The van der Waals surface area contributed by atoms with Crippen molar-refractivity contribution in [3.63, 3.8) is 0 Å². The van der Waals surface area contributed by atoms with Crippen LogP contribution in [0.25, 0.3) is 21.6 Å². The van der Waals surface area contributed by atoms with Crippen LogP contribution in [0.1, 0.15) is 46.6 Å². The standard InChI is InChI=1S/C31H28N4O5S/c1-6-40-21-14-19(9-10-20(21)36)26-23(27(37)25-18(5)34-11-7-8-16(3)29(34)32-25)28(38)30(39)35(26)31-33-24-17(4)12-15(2)13-22(24)41-31/h7-14,26,36-37H,6H2,1-5H3. The van der Waals surface area contributed by atoms with Gasteiger partial charge in [-0.2, -0.15) is 0 Å². The predicted molar refractivity (Wildman–Crippen MR) is 158 cm³/mol. The molecule has 2 N–H and O–H groups in total. The Morgan fingerprint density at radius 1 is 1.05 bits per heavy atom. The predicted octanol–water partition coefficient (Wildman–Crippen LogP) is 5.91. The van der Waals surface area contributed by atoms with E-state index in [9.17, 15) is 19.8 Å². The summed E-state index contributed by atoms with van der Waals surface area (Å²) in [6.45, 7) is 9.74. The minimum atomic E-state index is -1.04. The number of phenolic OH excluding ortho intramolecular Hbond substituents is 1. The number of amides is 1. The maximum Gasteiger partial charge on any atom is 0.301 e. The molecule has 4 heterocycles. The lowest BCUT2D eigenvalue weighted by molar-refractivity contribution is -0.132. The number of carbonyl (C=O) groups is 2. The third-order valence-corrected chi connectivity index (χ3v) is 8.38. The van der Waals surface area contributed by atoms with Gasteiger partial charge in [0.2, 0.25) is 0 Å². The van der Waals surface area contributed by atoms with Crippen molar-refractivity contribution in [2.45, 2.75) is 40.7 Å². The van der Waals surface area contributed by atoms with Crippen LogP contribution >= 0.6 is 11.3 Å². The fourth-order valence-corrected chi connectivity index (χ4v) is 6.62. The molecular formula is C31H28N4O5S. The van der Waals surface area contributed by atoms with Gasteiger partial charge in [0.05, 0.1) is 34.1 Å². The minimum absolute atomic E-state index is 0.0784. The van der Waals surface area contributed by atoms with Crippen molar-refractivity contribution >= 4 is 49.8 Å². The molecule has 0 radical (unpaired) electrons. The number of ketones is 1. The Kier molecular flexibility index (Phi) is 6.30. The number of benzene rings is 2. The lowest BCUT2D eigenvalue weighted by Gasteiger charge is -2.23. The molecule has 0 spiro atoms. The number of aromatic nitrogens is 3. The third kappa shape index (κ3) is 4.13. The van der Waals surface area contributed by atoms with E-state index in [0.29, 0.717) is 28.6 Å². The number of aliphatic hydroxyl groups is 1. The number of imidazole rings is 1. The lowest BCUT2D eigenvalue weighted by atomic mass is 9.96. The molecule has 0 saturated carbocycles. The number of hydrogen-bond donors (Lipinski definition) is 2. The first kappa shape index (κ1) is 26.5. The van der Waals surface area contributed by atoms with Crippen molar-refractivity contribution < 1.29 is 24.5 Å². The summed E-state index contributed by atoms with van der Waals surface area (Å²) in [7, 11) is 0. The van der Waals surface area contributed by atoms with Gasteiger partial charge in [0.15, 0.2) is 22.4 Å². The summed E-state index contributed by atoms with van der Waals surface area (Å²) < 4.78 is 8.33. The van der Waals surface area contributed by atoms with Gasteiger partial charge in [-0.25, -0.2) is 9.97 Å². The zero-order valence-corrected chi connectivity index (χ0v) is 24.0. The number of pyridine rings is 1. The topological polar surface area (TPSA) is 117 Å². The van der Waals surface area contributed by atoms with E-state index < -0.39 is 17.7 Å². The largest absolute Gasteiger partial charge is 0.505 e. The number of phenols is 1. The van der Waals surface area contributed by atoms with Crippen LogP contribution in [0.15, 0.2) is 54.2 Å². The van der Waals surface area contributed by atoms with Crippen LogP contribution in [0.2, 0.25) is 0 Å². The van der Waals surface area contributed by atoms with Gasteiger partial charge < -0.3 is 19.4 Å². The van der Waals surface area contributed by atoms with Crippen LogP contribution in [-0.2, 0) is 9.59 Å². The lowest BCUT2D eigenvalue weighted by Crippen LogP contribution is -2.29. The van der Waals surface area contributed by atoms with Gasteiger partial charge in [0.25, 0.3) is 5.78 Å². The first-order valence-electron chi connectivity index (χ1n) is 13.2.